The number of hydrogen-bond donors (Lipinski definition) is 2. The van der Waals surface area contributed by atoms with Crippen molar-refractivity contribution in [3.63, 3.8) is 0 Å². The highest BCUT2D eigenvalue weighted by atomic mass is 16.4. The molecule has 0 aliphatic heterocycles. The number of rotatable bonds is 4. The highest BCUT2D eigenvalue weighted by Gasteiger charge is 2.10. The number of nitrogens with one attached hydrogen (secondary N) is 1. The monoisotopic (exact) mass is 322 g/mol. The van der Waals surface area contributed by atoms with E-state index in [4.69, 9.17) is 10.2 Å². The Labute approximate surface area is 137 Å². The fourth-order valence-electron chi connectivity index (χ4n) is 2.10. The van der Waals surface area contributed by atoms with Crippen LogP contribution in [0.1, 0.15) is 26.6 Å². The molecule has 7 heteroatoms. The van der Waals surface area contributed by atoms with Crippen molar-refractivity contribution in [2.24, 2.45) is 5.73 Å². The zero-order chi connectivity index (χ0) is 17.1. The molecule has 0 bridgehead atoms. The van der Waals surface area contributed by atoms with Gasteiger partial charge in [0.05, 0.1) is 0 Å². The van der Waals surface area contributed by atoms with Crippen LogP contribution < -0.4 is 11.1 Å². The molecule has 3 aromatic rings. The lowest BCUT2D eigenvalue weighted by Crippen LogP contribution is -2.13. The van der Waals surface area contributed by atoms with Crippen LogP contribution in [-0.4, -0.2) is 22.0 Å². The molecular formula is C17H14N4O3. The summed E-state index contributed by atoms with van der Waals surface area (Å²) < 4.78 is 5.34. The molecular weight excluding hydrogens is 308 g/mol. The number of nitrogens with two attached hydrogens (primary N) is 1. The number of aromatic nitrogens is 2. The quantitative estimate of drug-likeness (QED) is 0.766. The molecule has 0 radical (unpaired) electrons. The Kier molecular flexibility index (Phi) is 4.07. The van der Waals surface area contributed by atoms with Gasteiger partial charge in [0.15, 0.2) is 0 Å². The molecule has 3 N–H and O–H groups in total. The molecule has 0 saturated heterocycles. The summed E-state index contributed by atoms with van der Waals surface area (Å²) in [5.41, 5.74) is 7.34. The number of benzene rings is 2. The third-order valence-corrected chi connectivity index (χ3v) is 3.35. The van der Waals surface area contributed by atoms with Gasteiger partial charge < -0.3 is 15.5 Å². The predicted molar refractivity (Wildman–Crippen MR) is 87.4 cm³/mol. The second kappa shape index (κ2) is 6.33. The summed E-state index contributed by atoms with van der Waals surface area (Å²) in [6.45, 7) is 1.71. The van der Waals surface area contributed by atoms with Crippen molar-refractivity contribution >= 4 is 17.5 Å². The van der Waals surface area contributed by atoms with Crippen molar-refractivity contribution in [3.8, 4) is 11.5 Å². The van der Waals surface area contributed by atoms with Gasteiger partial charge in [-0.25, -0.2) is 0 Å². The molecule has 1 aromatic heterocycles. The van der Waals surface area contributed by atoms with E-state index in [1.165, 1.54) is 0 Å². The van der Waals surface area contributed by atoms with Crippen LogP contribution in [0.4, 0.5) is 5.69 Å². The van der Waals surface area contributed by atoms with Crippen LogP contribution in [0, 0.1) is 6.92 Å². The zero-order valence-electron chi connectivity index (χ0n) is 12.8. The number of amides is 2. The lowest BCUT2D eigenvalue weighted by atomic mass is 10.1. The number of nitrogens with zero attached hydrogens (tertiary/aromatic N) is 2. The fraction of sp³-hybridized carbons (Fsp3) is 0.0588. The summed E-state index contributed by atoms with van der Waals surface area (Å²) in [6.07, 6.45) is 0. The minimum atomic E-state index is -0.514. The summed E-state index contributed by atoms with van der Waals surface area (Å²) in [4.78, 5) is 23.3. The lowest BCUT2D eigenvalue weighted by molar-refractivity contribution is 0.0998. The highest BCUT2D eigenvalue weighted by molar-refractivity contribution is 6.04. The number of hydrogen-bond acceptors (Lipinski definition) is 5. The Hall–Kier alpha value is -3.48. The van der Waals surface area contributed by atoms with Crippen LogP contribution in [0.5, 0.6) is 0 Å². The number of primary amides is 1. The van der Waals surface area contributed by atoms with Crippen molar-refractivity contribution < 1.29 is 14.0 Å². The van der Waals surface area contributed by atoms with E-state index in [1.807, 2.05) is 0 Å². The van der Waals surface area contributed by atoms with Crippen LogP contribution in [-0.2, 0) is 0 Å². The summed E-state index contributed by atoms with van der Waals surface area (Å²) >= 11 is 0. The molecule has 120 valence electrons. The summed E-state index contributed by atoms with van der Waals surface area (Å²) in [5, 5.41) is 10.4. The van der Waals surface area contributed by atoms with Crippen LogP contribution in [0.2, 0.25) is 0 Å². The van der Waals surface area contributed by atoms with Crippen molar-refractivity contribution in [3.05, 3.63) is 65.5 Å². The summed E-state index contributed by atoms with van der Waals surface area (Å²) in [7, 11) is 0. The van der Waals surface area contributed by atoms with Crippen molar-refractivity contribution in [2.45, 2.75) is 6.92 Å². The largest absolute Gasteiger partial charge is 0.421 e. The van der Waals surface area contributed by atoms with Gasteiger partial charge in [0.1, 0.15) is 0 Å². The zero-order valence-corrected chi connectivity index (χ0v) is 12.8. The highest BCUT2D eigenvalue weighted by Crippen LogP contribution is 2.19. The van der Waals surface area contributed by atoms with Gasteiger partial charge in [-0.2, -0.15) is 0 Å². The van der Waals surface area contributed by atoms with Gasteiger partial charge in [0, 0.05) is 29.3 Å². The molecule has 2 aromatic carbocycles. The molecule has 0 fully saturated rings. The maximum absolute atomic E-state index is 12.2. The van der Waals surface area contributed by atoms with E-state index in [1.54, 1.807) is 55.5 Å². The topological polar surface area (TPSA) is 111 Å². The minimum absolute atomic E-state index is 0.268. The standard InChI is InChI=1S/C17H14N4O3/c1-10-20-21-17(24-10)13-4-2-12(3-5-13)16(23)19-14-8-6-11(7-9-14)15(18)22/h2-9H,1H3,(H2,18,22)(H,19,23). The molecule has 0 unspecified atom stereocenters. The van der Waals surface area contributed by atoms with E-state index in [0.29, 0.717) is 28.6 Å². The van der Waals surface area contributed by atoms with Crippen LogP contribution in [0.25, 0.3) is 11.5 Å². The number of aryl methyl sites for hydroxylation is 1. The Morgan fingerprint density at radius 2 is 1.58 bits per heavy atom. The molecule has 0 spiro atoms. The maximum Gasteiger partial charge on any atom is 0.255 e. The average Bonchev–Trinajstić information content (AvgIpc) is 3.02. The number of carbonyl (C=O) groups is 2. The van der Waals surface area contributed by atoms with Crippen molar-refractivity contribution in [2.75, 3.05) is 5.32 Å². The summed E-state index contributed by atoms with van der Waals surface area (Å²) in [5.74, 6) is 0.0996. The van der Waals surface area contributed by atoms with E-state index < -0.39 is 5.91 Å². The Bertz CT molecular complexity index is 883. The number of carbonyl (C=O) groups excluding carboxylic acids is 2. The molecule has 3 rings (SSSR count). The van der Waals surface area contributed by atoms with Crippen LogP contribution in [0.15, 0.2) is 52.9 Å². The molecule has 2 amide bonds. The molecule has 1 heterocycles. The first-order valence-corrected chi connectivity index (χ1v) is 7.15. The van der Waals surface area contributed by atoms with E-state index in [2.05, 4.69) is 15.5 Å². The normalized spacial score (nSPS) is 10.4. The van der Waals surface area contributed by atoms with Gasteiger partial charge in [-0.1, -0.05) is 0 Å². The lowest BCUT2D eigenvalue weighted by Gasteiger charge is -2.06. The van der Waals surface area contributed by atoms with Gasteiger partial charge >= 0.3 is 0 Å². The van der Waals surface area contributed by atoms with Gasteiger partial charge in [-0.05, 0) is 48.5 Å². The first kappa shape index (κ1) is 15.4. The molecule has 7 nitrogen and oxygen atoms in total. The van der Waals surface area contributed by atoms with E-state index in [0.717, 1.165) is 5.56 Å². The van der Waals surface area contributed by atoms with Crippen molar-refractivity contribution in [1.82, 2.24) is 10.2 Å². The first-order valence-electron chi connectivity index (χ1n) is 7.15. The second-order valence-corrected chi connectivity index (χ2v) is 5.10. The molecule has 0 aliphatic carbocycles. The van der Waals surface area contributed by atoms with Gasteiger partial charge in [-0.3, -0.25) is 9.59 Å². The maximum atomic E-state index is 12.2. The molecule has 0 atom stereocenters. The van der Waals surface area contributed by atoms with E-state index in [-0.39, 0.29) is 5.91 Å². The molecule has 0 aliphatic rings. The van der Waals surface area contributed by atoms with Gasteiger partial charge in [-0.15, -0.1) is 10.2 Å². The minimum Gasteiger partial charge on any atom is -0.421 e. The Morgan fingerprint density at radius 1 is 0.958 bits per heavy atom. The van der Waals surface area contributed by atoms with Crippen LogP contribution in [0.3, 0.4) is 0 Å². The second-order valence-electron chi connectivity index (χ2n) is 5.10. The molecule has 0 saturated carbocycles. The summed E-state index contributed by atoms with van der Waals surface area (Å²) in [6, 6.07) is 13.2. The third kappa shape index (κ3) is 3.30. The van der Waals surface area contributed by atoms with Gasteiger partial charge in [0.2, 0.25) is 17.7 Å². The smallest absolute Gasteiger partial charge is 0.255 e. The van der Waals surface area contributed by atoms with Crippen LogP contribution >= 0.6 is 0 Å². The van der Waals surface area contributed by atoms with E-state index in [9.17, 15) is 9.59 Å². The molecule has 24 heavy (non-hydrogen) atoms. The first-order chi connectivity index (χ1) is 11.5. The SMILES string of the molecule is Cc1nnc(-c2ccc(C(=O)Nc3ccc(C(N)=O)cc3)cc2)o1. The van der Waals surface area contributed by atoms with Gasteiger partial charge in [0.25, 0.3) is 5.91 Å². The Balaban J connectivity index is 1.72. The number of anilines is 1. The third-order valence-electron chi connectivity index (χ3n) is 3.35. The predicted octanol–water partition coefficient (Wildman–Crippen LogP) is 2.40. The average molecular weight is 322 g/mol. The van der Waals surface area contributed by atoms with E-state index >= 15 is 0 Å². The Morgan fingerprint density at radius 3 is 2.12 bits per heavy atom. The fourth-order valence-corrected chi connectivity index (χ4v) is 2.10. The van der Waals surface area contributed by atoms with Crippen molar-refractivity contribution in [1.29, 1.82) is 0 Å².